The Bertz CT molecular complexity index is 1620. The molecule has 1 unspecified atom stereocenters. The van der Waals surface area contributed by atoms with E-state index < -0.39 is 35.5 Å². The Morgan fingerprint density at radius 1 is 1.00 bits per heavy atom. The molecule has 0 bridgehead atoms. The summed E-state index contributed by atoms with van der Waals surface area (Å²) in [6.45, 7) is 3.11. The molecule has 4 rings (SSSR count). The average molecular weight is 586 g/mol. The highest BCUT2D eigenvalue weighted by atomic mass is 35.5. The molecule has 1 amide bonds. The molecule has 0 aliphatic heterocycles. The van der Waals surface area contributed by atoms with Gasteiger partial charge in [0.25, 0.3) is 11.4 Å². The number of aryl methyl sites for hydroxylation is 1. The minimum Gasteiger partial charge on any atom is -0.324 e. The Balaban J connectivity index is 1.86. The van der Waals surface area contributed by atoms with E-state index in [-0.39, 0.29) is 28.1 Å². The lowest BCUT2D eigenvalue weighted by molar-refractivity contribution is -0.445. The van der Waals surface area contributed by atoms with Gasteiger partial charge in [-0.1, -0.05) is 64.5 Å². The standard InChI is InChI=1S/C29H23ClF3N3O5/c1-17-8-11-21(12-9-17)34-27(39)25(14-19-6-4-3-5-7-19)36-26(38)16-24(28(35-36)40-41-29(31,32)33)23-15-20(30)10-13-22(23)18(2)37/h3-13,15-16,25H,14H2,1-2H3,(H,34,39). The molecule has 8 nitrogen and oxygen atoms in total. The van der Waals surface area contributed by atoms with Crippen LogP contribution in [0.15, 0.2) is 83.7 Å². The smallest absolute Gasteiger partial charge is 0.324 e. The van der Waals surface area contributed by atoms with E-state index in [1.54, 1.807) is 54.6 Å². The SMILES string of the molecule is CC(=O)c1ccc(Cl)cc1-c1cc(=O)n(C(Cc2ccccc2)C(=O)Nc2ccc(C)cc2)nc1OOC(F)(F)F. The third-order valence-corrected chi connectivity index (χ3v) is 6.21. The zero-order valence-corrected chi connectivity index (χ0v) is 22.5. The van der Waals surface area contributed by atoms with Gasteiger partial charge in [-0.05, 0) is 55.3 Å². The second-order valence-electron chi connectivity index (χ2n) is 9.07. The third kappa shape index (κ3) is 7.59. The number of carbonyl (C=O) groups is 2. The summed E-state index contributed by atoms with van der Waals surface area (Å²) in [5.41, 5.74) is 0.931. The molecule has 1 heterocycles. The number of anilines is 1. The Morgan fingerprint density at radius 3 is 2.32 bits per heavy atom. The summed E-state index contributed by atoms with van der Waals surface area (Å²) < 4.78 is 39.7. The van der Waals surface area contributed by atoms with Gasteiger partial charge in [-0.2, -0.15) is 0 Å². The van der Waals surface area contributed by atoms with Crippen molar-refractivity contribution in [2.24, 2.45) is 0 Å². The highest BCUT2D eigenvalue weighted by Gasteiger charge is 2.34. The van der Waals surface area contributed by atoms with Crippen LogP contribution in [-0.4, -0.2) is 27.8 Å². The van der Waals surface area contributed by atoms with Crippen molar-refractivity contribution in [2.75, 3.05) is 5.32 Å². The summed E-state index contributed by atoms with van der Waals surface area (Å²) in [5.74, 6) is -1.93. The Labute approximate surface area is 237 Å². The number of nitrogens with one attached hydrogen (secondary N) is 1. The van der Waals surface area contributed by atoms with Crippen LogP contribution in [0.3, 0.4) is 0 Å². The number of Topliss-reactive ketones (excluding diaryl/α,β-unsaturated/α-hetero) is 1. The highest BCUT2D eigenvalue weighted by molar-refractivity contribution is 6.31. The van der Waals surface area contributed by atoms with Crippen LogP contribution in [0.4, 0.5) is 18.9 Å². The minimum atomic E-state index is -5.23. The van der Waals surface area contributed by atoms with Crippen LogP contribution in [0.5, 0.6) is 5.88 Å². The lowest BCUT2D eigenvalue weighted by Gasteiger charge is -2.21. The number of halogens is 4. The summed E-state index contributed by atoms with van der Waals surface area (Å²) in [7, 11) is 0. The quantitative estimate of drug-likeness (QED) is 0.140. The minimum absolute atomic E-state index is 0.00811. The molecule has 0 spiro atoms. The van der Waals surface area contributed by atoms with E-state index in [9.17, 15) is 27.6 Å². The molecule has 0 fully saturated rings. The molecule has 1 atom stereocenters. The maximum absolute atomic E-state index is 13.5. The van der Waals surface area contributed by atoms with Gasteiger partial charge in [0.05, 0.1) is 5.56 Å². The van der Waals surface area contributed by atoms with Gasteiger partial charge < -0.3 is 10.2 Å². The summed E-state index contributed by atoms with van der Waals surface area (Å²) >= 11 is 6.09. The molecule has 4 aromatic rings. The van der Waals surface area contributed by atoms with Crippen molar-refractivity contribution in [3.63, 3.8) is 0 Å². The largest absolute Gasteiger partial charge is 0.558 e. The van der Waals surface area contributed by atoms with Crippen molar-refractivity contribution in [3.8, 4) is 17.0 Å². The van der Waals surface area contributed by atoms with Gasteiger partial charge in [0, 0.05) is 28.8 Å². The summed E-state index contributed by atoms with van der Waals surface area (Å²) in [5, 5.41) is 6.85. The number of hydrogen-bond donors (Lipinski definition) is 1. The maximum Gasteiger partial charge on any atom is 0.558 e. The fraction of sp³-hybridized carbons (Fsp3) is 0.172. The molecule has 0 aliphatic carbocycles. The lowest BCUT2D eigenvalue weighted by atomic mass is 9.98. The molecule has 212 valence electrons. The second kappa shape index (κ2) is 12.4. The number of aromatic nitrogens is 2. The van der Waals surface area contributed by atoms with E-state index in [4.69, 9.17) is 11.6 Å². The van der Waals surface area contributed by atoms with E-state index in [1.807, 2.05) is 6.92 Å². The molecular weight excluding hydrogens is 563 g/mol. The molecular formula is C29H23ClF3N3O5. The number of hydrogen-bond acceptors (Lipinski definition) is 6. The van der Waals surface area contributed by atoms with Crippen molar-refractivity contribution in [1.29, 1.82) is 0 Å². The molecule has 0 aliphatic rings. The molecule has 1 N–H and O–H groups in total. The van der Waals surface area contributed by atoms with Crippen molar-refractivity contribution in [2.45, 2.75) is 32.7 Å². The third-order valence-electron chi connectivity index (χ3n) is 5.98. The first-order valence-electron chi connectivity index (χ1n) is 12.2. The number of rotatable bonds is 9. The van der Waals surface area contributed by atoms with Crippen molar-refractivity contribution < 1.29 is 32.5 Å². The van der Waals surface area contributed by atoms with E-state index in [0.29, 0.717) is 15.9 Å². The van der Waals surface area contributed by atoms with Gasteiger partial charge in [0.1, 0.15) is 6.04 Å². The number of nitrogens with zero attached hydrogens (tertiary/aromatic N) is 2. The Kier molecular flexibility index (Phi) is 8.89. The predicted molar refractivity (Wildman–Crippen MR) is 146 cm³/mol. The Hall–Kier alpha value is -4.48. The highest BCUT2D eigenvalue weighted by Crippen LogP contribution is 2.34. The molecule has 0 saturated heterocycles. The first-order chi connectivity index (χ1) is 19.4. The van der Waals surface area contributed by atoms with Crippen molar-refractivity contribution in [1.82, 2.24) is 9.78 Å². The monoisotopic (exact) mass is 585 g/mol. The first-order valence-corrected chi connectivity index (χ1v) is 12.6. The average Bonchev–Trinajstić information content (AvgIpc) is 2.92. The van der Waals surface area contributed by atoms with Crippen LogP contribution in [0.1, 0.15) is 34.5 Å². The fourth-order valence-electron chi connectivity index (χ4n) is 4.05. The Morgan fingerprint density at radius 2 is 1.68 bits per heavy atom. The van der Waals surface area contributed by atoms with Crippen LogP contribution < -0.4 is 15.8 Å². The summed E-state index contributed by atoms with van der Waals surface area (Å²) in [6.07, 6.45) is -5.27. The van der Waals surface area contributed by atoms with Crippen LogP contribution >= 0.6 is 11.6 Å². The second-order valence-corrected chi connectivity index (χ2v) is 9.50. The van der Waals surface area contributed by atoms with Gasteiger partial charge in [0.2, 0.25) is 5.91 Å². The van der Waals surface area contributed by atoms with Crippen LogP contribution in [0.25, 0.3) is 11.1 Å². The summed E-state index contributed by atoms with van der Waals surface area (Å²) in [4.78, 5) is 47.4. The molecule has 41 heavy (non-hydrogen) atoms. The molecule has 12 heteroatoms. The number of alkyl halides is 3. The van der Waals surface area contributed by atoms with E-state index in [1.165, 1.54) is 25.1 Å². The van der Waals surface area contributed by atoms with Crippen LogP contribution in [0.2, 0.25) is 5.02 Å². The van der Waals surface area contributed by atoms with Crippen molar-refractivity contribution in [3.05, 3.63) is 111 Å². The van der Waals surface area contributed by atoms with Gasteiger partial charge in [-0.15, -0.1) is 18.3 Å². The lowest BCUT2D eigenvalue weighted by Crippen LogP contribution is -2.36. The number of amides is 1. The number of carbonyl (C=O) groups excluding carboxylic acids is 2. The van der Waals surface area contributed by atoms with E-state index in [0.717, 1.165) is 11.6 Å². The normalized spacial score (nSPS) is 12.0. The number of benzene rings is 3. The maximum atomic E-state index is 13.5. The zero-order valence-electron chi connectivity index (χ0n) is 21.7. The van der Waals surface area contributed by atoms with Gasteiger partial charge in [-0.25, -0.2) is 4.68 Å². The van der Waals surface area contributed by atoms with Crippen molar-refractivity contribution >= 4 is 29.0 Å². The fourth-order valence-corrected chi connectivity index (χ4v) is 4.23. The van der Waals surface area contributed by atoms with Gasteiger partial charge in [-0.3, -0.25) is 14.4 Å². The summed E-state index contributed by atoms with van der Waals surface area (Å²) in [6, 6.07) is 19.2. The van der Waals surface area contributed by atoms with Crippen LogP contribution in [0, 0.1) is 6.92 Å². The van der Waals surface area contributed by atoms with Crippen LogP contribution in [-0.2, 0) is 16.1 Å². The predicted octanol–water partition coefficient (Wildman–Crippen LogP) is 6.33. The van der Waals surface area contributed by atoms with Gasteiger partial charge in [0.15, 0.2) is 5.78 Å². The van der Waals surface area contributed by atoms with E-state index >= 15 is 0 Å². The molecule has 0 radical (unpaired) electrons. The van der Waals surface area contributed by atoms with Gasteiger partial charge >= 0.3 is 6.36 Å². The first kappa shape index (κ1) is 29.5. The zero-order chi connectivity index (χ0) is 29.7. The molecule has 3 aromatic carbocycles. The molecule has 0 saturated carbocycles. The van der Waals surface area contributed by atoms with E-state index in [2.05, 4.69) is 20.2 Å². The number of ketones is 1. The topological polar surface area (TPSA) is 99.5 Å². The molecule has 1 aromatic heterocycles.